The first-order valence-corrected chi connectivity index (χ1v) is 8.13. The fourth-order valence-electron chi connectivity index (χ4n) is 2.04. The molecular weight excluding hydrogens is 351 g/mol. The van der Waals surface area contributed by atoms with E-state index in [1.165, 1.54) is 31.0 Å². The number of amidine groups is 1. The van der Waals surface area contributed by atoms with Crippen molar-refractivity contribution in [1.82, 2.24) is 5.32 Å². The summed E-state index contributed by atoms with van der Waals surface area (Å²) in [5.41, 5.74) is 1.34. The van der Waals surface area contributed by atoms with Crippen molar-refractivity contribution in [2.75, 3.05) is 7.11 Å². The smallest absolute Gasteiger partial charge is 0.264 e. The molecule has 2 aromatic carbocycles. The Kier molecular flexibility index (Phi) is 4.87. The van der Waals surface area contributed by atoms with E-state index < -0.39 is 0 Å². The van der Waals surface area contributed by atoms with Gasteiger partial charge in [0.25, 0.3) is 5.91 Å². The van der Waals surface area contributed by atoms with Gasteiger partial charge in [0.05, 0.1) is 22.7 Å². The van der Waals surface area contributed by atoms with Gasteiger partial charge in [0.2, 0.25) is 0 Å². The number of rotatable bonds is 3. The van der Waals surface area contributed by atoms with Gasteiger partial charge >= 0.3 is 0 Å². The van der Waals surface area contributed by atoms with Gasteiger partial charge in [-0.2, -0.15) is 0 Å². The number of halogens is 2. The number of hydrogen-bond acceptors (Lipinski definition) is 4. The Bertz CT molecular complexity index is 850. The van der Waals surface area contributed by atoms with Gasteiger partial charge in [-0.05, 0) is 59.8 Å². The van der Waals surface area contributed by atoms with E-state index in [4.69, 9.17) is 16.3 Å². The summed E-state index contributed by atoms with van der Waals surface area (Å²) in [6.45, 7) is 0. The molecule has 1 amide bonds. The van der Waals surface area contributed by atoms with Crippen LogP contribution in [0.15, 0.2) is 52.4 Å². The van der Waals surface area contributed by atoms with Crippen LogP contribution in [0.1, 0.15) is 5.56 Å². The maximum atomic E-state index is 12.9. The molecule has 2 aromatic rings. The van der Waals surface area contributed by atoms with Crippen LogP contribution in [0.25, 0.3) is 6.08 Å². The van der Waals surface area contributed by atoms with Crippen molar-refractivity contribution in [3.05, 3.63) is 63.8 Å². The molecule has 0 bridgehead atoms. The first kappa shape index (κ1) is 16.5. The van der Waals surface area contributed by atoms with Crippen molar-refractivity contribution >= 4 is 46.2 Å². The highest BCUT2D eigenvalue weighted by Crippen LogP contribution is 2.30. The summed E-state index contributed by atoms with van der Waals surface area (Å²) >= 11 is 7.29. The molecule has 24 heavy (non-hydrogen) atoms. The Balaban J connectivity index is 1.81. The molecule has 0 spiro atoms. The second-order valence-corrected chi connectivity index (χ2v) is 6.29. The van der Waals surface area contributed by atoms with Crippen molar-refractivity contribution in [2.24, 2.45) is 4.99 Å². The molecule has 0 saturated carbocycles. The number of amides is 1. The molecule has 1 N–H and O–H groups in total. The van der Waals surface area contributed by atoms with Crippen LogP contribution in [0.3, 0.4) is 0 Å². The van der Waals surface area contributed by atoms with E-state index >= 15 is 0 Å². The summed E-state index contributed by atoms with van der Waals surface area (Å²) in [5.74, 6) is -0.00673. The predicted molar refractivity (Wildman–Crippen MR) is 95.2 cm³/mol. The molecule has 1 heterocycles. The highest BCUT2D eigenvalue weighted by atomic mass is 35.5. The molecule has 1 saturated heterocycles. The van der Waals surface area contributed by atoms with E-state index in [1.807, 2.05) is 0 Å². The largest absolute Gasteiger partial charge is 0.495 e. The highest BCUT2D eigenvalue weighted by molar-refractivity contribution is 8.18. The lowest BCUT2D eigenvalue weighted by atomic mass is 10.2. The molecule has 122 valence electrons. The first-order valence-electron chi connectivity index (χ1n) is 6.94. The number of ether oxygens (including phenoxy) is 1. The van der Waals surface area contributed by atoms with Gasteiger partial charge in [0, 0.05) is 0 Å². The zero-order valence-corrected chi connectivity index (χ0v) is 14.1. The minimum absolute atomic E-state index is 0.243. The predicted octanol–water partition coefficient (Wildman–Crippen LogP) is 4.38. The summed E-state index contributed by atoms with van der Waals surface area (Å²) in [6.07, 6.45) is 1.72. The number of carbonyl (C=O) groups is 1. The SMILES string of the molecule is COc1ccc(/C=C2/SC(=Nc3ccc(F)cc3)NC2=O)cc1Cl. The Hall–Kier alpha value is -2.31. The Labute approximate surface area is 147 Å². The van der Waals surface area contributed by atoms with E-state index in [2.05, 4.69) is 10.3 Å². The first-order chi connectivity index (χ1) is 11.5. The highest BCUT2D eigenvalue weighted by Gasteiger charge is 2.23. The second kappa shape index (κ2) is 7.07. The van der Waals surface area contributed by atoms with Gasteiger partial charge < -0.3 is 10.1 Å². The van der Waals surface area contributed by atoms with Gasteiger partial charge in [-0.25, -0.2) is 9.38 Å². The van der Waals surface area contributed by atoms with Crippen LogP contribution in [0.4, 0.5) is 10.1 Å². The molecule has 1 aliphatic rings. The third-order valence-electron chi connectivity index (χ3n) is 3.18. The van der Waals surface area contributed by atoms with Crippen molar-refractivity contribution in [3.63, 3.8) is 0 Å². The van der Waals surface area contributed by atoms with Crippen LogP contribution in [-0.2, 0) is 4.79 Å². The lowest BCUT2D eigenvalue weighted by Crippen LogP contribution is -2.19. The number of nitrogens with zero attached hydrogens (tertiary/aromatic N) is 1. The third-order valence-corrected chi connectivity index (χ3v) is 4.39. The molecule has 0 aliphatic carbocycles. The van der Waals surface area contributed by atoms with E-state index in [0.29, 0.717) is 26.5 Å². The van der Waals surface area contributed by atoms with Crippen molar-refractivity contribution in [2.45, 2.75) is 0 Å². The van der Waals surface area contributed by atoms with Gasteiger partial charge in [-0.3, -0.25) is 4.79 Å². The quantitative estimate of drug-likeness (QED) is 0.824. The minimum Gasteiger partial charge on any atom is -0.495 e. The van der Waals surface area contributed by atoms with Crippen LogP contribution < -0.4 is 10.1 Å². The lowest BCUT2D eigenvalue weighted by Gasteiger charge is -2.03. The zero-order valence-electron chi connectivity index (χ0n) is 12.5. The van der Waals surface area contributed by atoms with Crippen LogP contribution >= 0.6 is 23.4 Å². The molecular formula is C17H12ClFN2O2S. The molecule has 0 aromatic heterocycles. The number of benzene rings is 2. The molecule has 0 atom stereocenters. The molecule has 3 rings (SSSR count). The second-order valence-electron chi connectivity index (χ2n) is 4.85. The molecule has 7 heteroatoms. The van der Waals surface area contributed by atoms with E-state index in [-0.39, 0.29) is 11.7 Å². The Morgan fingerprint density at radius 2 is 2.00 bits per heavy atom. The Morgan fingerprint density at radius 1 is 1.25 bits per heavy atom. The van der Waals surface area contributed by atoms with Crippen molar-refractivity contribution in [1.29, 1.82) is 0 Å². The zero-order chi connectivity index (χ0) is 17.1. The summed E-state index contributed by atoms with van der Waals surface area (Å²) in [7, 11) is 1.54. The fourth-order valence-corrected chi connectivity index (χ4v) is 3.15. The monoisotopic (exact) mass is 362 g/mol. The minimum atomic E-state index is -0.334. The van der Waals surface area contributed by atoms with E-state index in [9.17, 15) is 9.18 Å². The van der Waals surface area contributed by atoms with Crippen LogP contribution in [0.2, 0.25) is 5.02 Å². The number of thioether (sulfide) groups is 1. The lowest BCUT2D eigenvalue weighted by molar-refractivity contribution is -0.115. The van der Waals surface area contributed by atoms with E-state index in [0.717, 1.165) is 5.56 Å². The van der Waals surface area contributed by atoms with Crippen LogP contribution in [0, 0.1) is 5.82 Å². The van der Waals surface area contributed by atoms with Gasteiger partial charge in [0.1, 0.15) is 11.6 Å². The molecule has 0 radical (unpaired) electrons. The van der Waals surface area contributed by atoms with Gasteiger partial charge in [-0.1, -0.05) is 17.7 Å². The summed E-state index contributed by atoms with van der Waals surface area (Å²) in [6, 6.07) is 11.0. The summed E-state index contributed by atoms with van der Waals surface area (Å²) in [4.78, 5) is 16.8. The average Bonchev–Trinajstić information content (AvgIpc) is 2.89. The number of carbonyl (C=O) groups excluding carboxylic acids is 1. The maximum absolute atomic E-state index is 12.9. The van der Waals surface area contributed by atoms with Crippen LogP contribution in [-0.4, -0.2) is 18.2 Å². The number of methoxy groups -OCH3 is 1. The topological polar surface area (TPSA) is 50.7 Å². The van der Waals surface area contributed by atoms with Gasteiger partial charge in [-0.15, -0.1) is 0 Å². The van der Waals surface area contributed by atoms with Crippen molar-refractivity contribution < 1.29 is 13.9 Å². The molecule has 4 nitrogen and oxygen atoms in total. The number of hydrogen-bond donors (Lipinski definition) is 1. The van der Waals surface area contributed by atoms with Crippen molar-refractivity contribution in [3.8, 4) is 5.75 Å². The molecule has 1 aliphatic heterocycles. The standard InChI is InChI=1S/C17H12ClFN2O2S/c1-23-14-7-2-10(8-13(14)18)9-15-16(22)21-17(24-15)20-12-5-3-11(19)4-6-12/h2-9H,1H3,(H,20,21,22)/b15-9+. The van der Waals surface area contributed by atoms with E-state index in [1.54, 1.807) is 36.4 Å². The summed E-state index contributed by atoms with van der Waals surface area (Å²) < 4.78 is 18.0. The van der Waals surface area contributed by atoms with Gasteiger partial charge in [0.15, 0.2) is 5.17 Å². The summed E-state index contributed by atoms with van der Waals surface area (Å²) in [5, 5.41) is 3.59. The fraction of sp³-hybridized carbons (Fsp3) is 0.0588. The Morgan fingerprint density at radius 3 is 2.67 bits per heavy atom. The maximum Gasteiger partial charge on any atom is 0.264 e. The average molecular weight is 363 g/mol. The normalized spacial score (nSPS) is 17.4. The molecule has 0 unspecified atom stereocenters. The van der Waals surface area contributed by atoms with Crippen LogP contribution in [0.5, 0.6) is 5.75 Å². The third kappa shape index (κ3) is 3.77. The molecule has 1 fully saturated rings. The number of aliphatic imine (C=N–C) groups is 1. The number of nitrogens with one attached hydrogen (secondary N) is 1.